The number of nitrogens with two attached hydrogens (primary N) is 1. The number of aromatic nitrogens is 1. The fourth-order valence-electron chi connectivity index (χ4n) is 1.41. The van der Waals surface area contributed by atoms with Crippen molar-refractivity contribution in [3.05, 3.63) is 47.4 Å². The van der Waals surface area contributed by atoms with Crippen molar-refractivity contribution in [2.75, 3.05) is 5.73 Å². The first-order valence-corrected chi connectivity index (χ1v) is 5.22. The molecular weight excluding hydrogens is 219 g/mol. The summed E-state index contributed by atoms with van der Waals surface area (Å²) < 4.78 is 18.7. The Morgan fingerprint density at radius 2 is 2.00 bits per heavy atom. The van der Waals surface area contributed by atoms with Gasteiger partial charge in [0, 0.05) is 12.3 Å². The van der Waals surface area contributed by atoms with Gasteiger partial charge in [0.1, 0.15) is 11.6 Å². The Hall–Kier alpha value is -2.10. The molecule has 4 heteroatoms. The van der Waals surface area contributed by atoms with E-state index in [1.54, 1.807) is 31.3 Å². The van der Waals surface area contributed by atoms with Crippen molar-refractivity contribution >= 4 is 5.69 Å². The third kappa shape index (κ3) is 2.53. The third-order valence-corrected chi connectivity index (χ3v) is 2.37. The molecule has 0 fully saturated rings. The highest BCUT2D eigenvalue weighted by atomic mass is 19.1. The van der Waals surface area contributed by atoms with Gasteiger partial charge < -0.3 is 10.5 Å². The van der Waals surface area contributed by atoms with E-state index in [0.717, 1.165) is 5.56 Å². The van der Waals surface area contributed by atoms with E-state index in [1.165, 1.54) is 6.07 Å². The predicted octanol–water partition coefficient (Wildman–Crippen LogP) is 3.21. The smallest absolute Gasteiger partial charge is 0.242 e. The maximum Gasteiger partial charge on any atom is 0.242 e. The van der Waals surface area contributed by atoms with Crippen LogP contribution in [0.25, 0.3) is 0 Å². The molecule has 0 unspecified atom stereocenters. The maximum absolute atomic E-state index is 13.3. The number of halogens is 1. The van der Waals surface area contributed by atoms with Crippen LogP contribution in [-0.4, -0.2) is 4.98 Å². The second-order valence-corrected chi connectivity index (χ2v) is 3.92. The Bertz CT molecular complexity index is 555. The van der Waals surface area contributed by atoms with E-state index in [-0.39, 0.29) is 5.82 Å². The first kappa shape index (κ1) is 11.4. The SMILES string of the molecule is Cc1cnc(Oc2ccc(C)c(F)c2)c(N)c1. The van der Waals surface area contributed by atoms with Crippen LogP contribution >= 0.6 is 0 Å². The monoisotopic (exact) mass is 232 g/mol. The molecule has 0 amide bonds. The summed E-state index contributed by atoms with van der Waals surface area (Å²) in [5.74, 6) is 0.364. The predicted molar refractivity (Wildman–Crippen MR) is 64.6 cm³/mol. The van der Waals surface area contributed by atoms with Gasteiger partial charge in [-0.2, -0.15) is 0 Å². The third-order valence-electron chi connectivity index (χ3n) is 2.37. The molecule has 1 aromatic heterocycles. The van der Waals surface area contributed by atoms with E-state index in [4.69, 9.17) is 10.5 Å². The molecular formula is C13H13FN2O. The van der Waals surface area contributed by atoms with Crippen LogP contribution in [0.3, 0.4) is 0 Å². The number of nitrogens with zero attached hydrogens (tertiary/aromatic N) is 1. The Morgan fingerprint density at radius 1 is 1.24 bits per heavy atom. The van der Waals surface area contributed by atoms with Crippen LogP contribution in [0, 0.1) is 19.7 Å². The lowest BCUT2D eigenvalue weighted by molar-refractivity contribution is 0.460. The minimum absolute atomic E-state index is 0.291. The van der Waals surface area contributed by atoms with Crippen molar-refractivity contribution < 1.29 is 9.13 Å². The number of nitrogen functional groups attached to an aromatic ring is 1. The molecule has 0 spiro atoms. The molecule has 0 saturated carbocycles. The molecule has 3 nitrogen and oxygen atoms in total. The minimum atomic E-state index is -0.312. The van der Waals surface area contributed by atoms with E-state index >= 15 is 0 Å². The molecule has 17 heavy (non-hydrogen) atoms. The summed E-state index contributed by atoms with van der Waals surface area (Å²) in [4.78, 5) is 4.06. The summed E-state index contributed by atoms with van der Waals surface area (Å²) in [6.45, 7) is 3.58. The van der Waals surface area contributed by atoms with Crippen LogP contribution in [0.2, 0.25) is 0 Å². The van der Waals surface area contributed by atoms with Gasteiger partial charge in [-0.05, 0) is 37.1 Å². The van der Waals surface area contributed by atoms with E-state index < -0.39 is 0 Å². The van der Waals surface area contributed by atoms with E-state index in [2.05, 4.69) is 4.98 Å². The zero-order chi connectivity index (χ0) is 12.4. The molecule has 1 aromatic carbocycles. The van der Waals surface area contributed by atoms with Gasteiger partial charge in [-0.1, -0.05) is 6.07 Å². The first-order valence-electron chi connectivity index (χ1n) is 5.22. The fourth-order valence-corrected chi connectivity index (χ4v) is 1.41. The largest absolute Gasteiger partial charge is 0.437 e. The molecule has 2 N–H and O–H groups in total. The molecule has 0 saturated heterocycles. The van der Waals surface area contributed by atoms with Crippen LogP contribution in [-0.2, 0) is 0 Å². The lowest BCUT2D eigenvalue weighted by Crippen LogP contribution is -1.96. The van der Waals surface area contributed by atoms with Crippen molar-refractivity contribution in [2.24, 2.45) is 0 Å². The zero-order valence-electron chi connectivity index (χ0n) is 9.70. The van der Waals surface area contributed by atoms with Gasteiger partial charge in [0.15, 0.2) is 0 Å². The molecule has 0 bridgehead atoms. The average Bonchev–Trinajstić information content (AvgIpc) is 2.27. The normalized spacial score (nSPS) is 10.3. The van der Waals surface area contributed by atoms with Gasteiger partial charge in [-0.3, -0.25) is 0 Å². The van der Waals surface area contributed by atoms with Crippen LogP contribution in [0.5, 0.6) is 11.6 Å². The minimum Gasteiger partial charge on any atom is -0.437 e. The van der Waals surface area contributed by atoms with E-state index in [9.17, 15) is 4.39 Å². The molecule has 0 aliphatic rings. The van der Waals surface area contributed by atoms with Gasteiger partial charge in [-0.25, -0.2) is 9.37 Å². The van der Waals surface area contributed by atoms with Gasteiger partial charge in [0.2, 0.25) is 5.88 Å². The van der Waals surface area contributed by atoms with E-state index in [0.29, 0.717) is 22.9 Å². The quantitative estimate of drug-likeness (QED) is 0.864. The van der Waals surface area contributed by atoms with Gasteiger partial charge in [0.05, 0.1) is 5.69 Å². The molecule has 0 atom stereocenters. The summed E-state index contributed by atoms with van der Waals surface area (Å²) in [5, 5.41) is 0. The lowest BCUT2D eigenvalue weighted by Gasteiger charge is -2.08. The van der Waals surface area contributed by atoms with Gasteiger partial charge >= 0.3 is 0 Å². The summed E-state index contributed by atoms with van der Waals surface area (Å²) in [6.07, 6.45) is 1.65. The average molecular weight is 232 g/mol. The second kappa shape index (κ2) is 4.41. The zero-order valence-corrected chi connectivity index (χ0v) is 9.70. The Balaban J connectivity index is 2.28. The molecule has 2 rings (SSSR count). The van der Waals surface area contributed by atoms with Crippen molar-refractivity contribution in [1.29, 1.82) is 0 Å². The van der Waals surface area contributed by atoms with Crippen molar-refractivity contribution in [3.8, 4) is 11.6 Å². The number of aryl methyl sites for hydroxylation is 2. The van der Waals surface area contributed by atoms with E-state index in [1.807, 2.05) is 6.92 Å². The number of anilines is 1. The Kier molecular flexibility index (Phi) is 2.95. The second-order valence-electron chi connectivity index (χ2n) is 3.92. The first-order chi connectivity index (χ1) is 8.06. The van der Waals surface area contributed by atoms with Crippen molar-refractivity contribution in [2.45, 2.75) is 13.8 Å². The van der Waals surface area contributed by atoms with Crippen LogP contribution in [0.4, 0.5) is 10.1 Å². The standard InChI is InChI=1S/C13H13FN2O/c1-8-5-12(15)13(16-7-8)17-10-4-3-9(2)11(14)6-10/h3-7H,15H2,1-2H3. The van der Waals surface area contributed by atoms with Gasteiger partial charge in [-0.15, -0.1) is 0 Å². The maximum atomic E-state index is 13.3. The van der Waals surface area contributed by atoms with Crippen LogP contribution in [0.1, 0.15) is 11.1 Å². The fraction of sp³-hybridized carbons (Fsp3) is 0.154. The molecule has 2 aromatic rings. The summed E-state index contributed by atoms with van der Waals surface area (Å²) >= 11 is 0. The summed E-state index contributed by atoms with van der Waals surface area (Å²) in [6, 6.07) is 6.40. The number of ether oxygens (including phenoxy) is 1. The van der Waals surface area contributed by atoms with Crippen molar-refractivity contribution in [1.82, 2.24) is 4.98 Å². The summed E-state index contributed by atoms with van der Waals surface area (Å²) in [5.41, 5.74) is 7.71. The number of hydrogen-bond acceptors (Lipinski definition) is 3. The summed E-state index contributed by atoms with van der Waals surface area (Å²) in [7, 11) is 0. The molecule has 1 heterocycles. The highest BCUT2D eigenvalue weighted by Gasteiger charge is 2.06. The molecule has 0 aliphatic carbocycles. The Labute approximate surface area is 99.1 Å². The molecule has 0 radical (unpaired) electrons. The highest BCUT2D eigenvalue weighted by Crippen LogP contribution is 2.26. The van der Waals surface area contributed by atoms with Crippen molar-refractivity contribution in [3.63, 3.8) is 0 Å². The lowest BCUT2D eigenvalue weighted by atomic mass is 10.2. The Morgan fingerprint density at radius 3 is 2.65 bits per heavy atom. The number of pyridine rings is 1. The van der Waals surface area contributed by atoms with Crippen LogP contribution in [0.15, 0.2) is 30.5 Å². The topological polar surface area (TPSA) is 48.1 Å². The van der Waals surface area contributed by atoms with Gasteiger partial charge in [0.25, 0.3) is 0 Å². The molecule has 0 aliphatic heterocycles. The highest BCUT2D eigenvalue weighted by molar-refractivity contribution is 5.50. The number of benzene rings is 1. The van der Waals surface area contributed by atoms with Crippen LogP contribution < -0.4 is 10.5 Å². The molecule has 88 valence electrons. The number of rotatable bonds is 2. The number of hydrogen-bond donors (Lipinski definition) is 1.